The van der Waals surface area contributed by atoms with Gasteiger partial charge in [0.15, 0.2) is 0 Å². The number of carbonyl (C=O) groups is 1. The van der Waals surface area contributed by atoms with E-state index in [1.165, 1.54) is 6.92 Å². The third kappa shape index (κ3) is 3.04. The minimum absolute atomic E-state index is 0.0197. The number of rotatable bonds is 3. The van der Waals surface area contributed by atoms with Gasteiger partial charge in [-0.25, -0.2) is 0 Å². The van der Waals surface area contributed by atoms with Crippen LogP contribution in [0.1, 0.15) is 31.0 Å². The average Bonchev–Trinajstić information content (AvgIpc) is 2.17. The van der Waals surface area contributed by atoms with Gasteiger partial charge in [0, 0.05) is 12.8 Å². The molecular formula is C11H14ClNO. The molecule has 1 aromatic carbocycles. The number of amides is 1. The van der Waals surface area contributed by atoms with E-state index < -0.39 is 0 Å². The number of hydrogen-bond acceptors (Lipinski definition) is 1. The summed E-state index contributed by atoms with van der Waals surface area (Å²) in [5.41, 5.74) is 2.15. The van der Waals surface area contributed by atoms with Crippen molar-refractivity contribution in [3.05, 3.63) is 35.4 Å². The van der Waals surface area contributed by atoms with Crippen molar-refractivity contribution in [2.75, 3.05) is 0 Å². The molecule has 2 nitrogen and oxygen atoms in total. The van der Waals surface area contributed by atoms with Gasteiger partial charge in [-0.15, -0.1) is 11.6 Å². The lowest BCUT2D eigenvalue weighted by atomic mass is 10.1. The molecule has 1 amide bonds. The highest BCUT2D eigenvalue weighted by molar-refractivity contribution is 6.17. The van der Waals surface area contributed by atoms with Crippen LogP contribution in [0.5, 0.6) is 0 Å². The lowest BCUT2D eigenvalue weighted by Gasteiger charge is -2.13. The topological polar surface area (TPSA) is 29.1 Å². The first-order valence-electron chi connectivity index (χ1n) is 4.55. The molecule has 0 radical (unpaired) electrons. The Balaban J connectivity index is 2.78. The molecule has 0 aromatic heterocycles. The number of carbonyl (C=O) groups excluding carboxylic acids is 1. The van der Waals surface area contributed by atoms with Gasteiger partial charge < -0.3 is 5.32 Å². The molecular weight excluding hydrogens is 198 g/mol. The fourth-order valence-electron chi connectivity index (χ4n) is 1.33. The SMILES string of the molecule is CC(=O)N[C@H](C)c1cccc(CCl)c1. The fourth-order valence-corrected chi connectivity index (χ4v) is 1.50. The maximum absolute atomic E-state index is 10.8. The first-order valence-corrected chi connectivity index (χ1v) is 5.09. The van der Waals surface area contributed by atoms with Crippen LogP contribution in [-0.4, -0.2) is 5.91 Å². The Bertz CT molecular complexity index is 325. The first kappa shape index (κ1) is 11.1. The Morgan fingerprint density at radius 2 is 2.29 bits per heavy atom. The van der Waals surface area contributed by atoms with E-state index in [1.807, 2.05) is 31.2 Å². The Labute approximate surface area is 89.3 Å². The van der Waals surface area contributed by atoms with E-state index in [9.17, 15) is 4.79 Å². The largest absolute Gasteiger partial charge is 0.350 e. The molecule has 1 aromatic rings. The molecule has 1 N–H and O–H groups in total. The Hall–Kier alpha value is -1.02. The summed E-state index contributed by atoms with van der Waals surface area (Å²) in [7, 11) is 0. The zero-order chi connectivity index (χ0) is 10.6. The van der Waals surface area contributed by atoms with Gasteiger partial charge in [-0.3, -0.25) is 4.79 Å². The van der Waals surface area contributed by atoms with E-state index in [0.717, 1.165) is 11.1 Å². The molecule has 0 bridgehead atoms. The van der Waals surface area contributed by atoms with E-state index in [4.69, 9.17) is 11.6 Å². The highest BCUT2D eigenvalue weighted by Crippen LogP contribution is 2.15. The predicted molar refractivity (Wildman–Crippen MR) is 58.2 cm³/mol. The summed E-state index contributed by atoms with van der Waals surface area (Å²) in [6.45, 7) is 3.47. The number of nitrogens with one attached hydrogen (secondary N) is 1. The quantitative estimate of drug-likeness (QED) is 0.766. The van der Waals surface area contributed by atoms with E-state index in [1.54, 1.807) is 0 Å². The summed E-state index contributed by atoms with van der Waals surface area (Å²) in [6.07, 6.45) is 0. The van der Waals surface area contributed by atoms with Gasteiger partial charge >= 0.3 is 0 Å². The molecule has 3 heteroatoms. The van der Waals surface area contributed by atoms with E-state index in [-0.39, 0.29) is 11.9 Å². The third-order valence-corrected chi connectivity index (χ3v) is 2.33. The van der Waals surface area contributed by atoms with Crippen LogP contribution >= 0.6 is 11.6 Å². The summed E-state index contributed by atoms with van der Waals surface area (Å²) < 4.78 is 0. The van der Waals surface area contributed by atoms with Crippen molar-refractivity contribution in [2.45, 2.75) is 25.8 Å². The van der Waals surface area contributed by atoms with Gasteiger partial charge in [-0.05, 0) is 18.1 Å². The molecule has 0 unspecified atom stereocenters. The van der Waals surface area contributed by atoms with Crippen molar-refractivity contribution in [3.63, 3.8) is 0 Å². The molecule has 0 aliphatic carbocycles. The third-order valence-electron chi connectivity index (χ3n) is 2.03. The van der Waals surface area contributed by atoms with Crippen LogP contribution in [0.2, 0.25) is 0 Å². The lowest BCUT2D eigenvalue weighted by Crippen LogP contribution is -2.23. The lowest BCUT2D eigenvalue weighted by molar-refractivity contribution is -0.119. The zero-order valence-electron chi connectivity index (χ0n) is 8.38. The summed E-state index contributed by atoms with van der Waals surface area (Å²) in [6, 6.07) is 7.95. The second kappa shape index (κ2) is 5.01. The minimum Gasteiger partial charge on any atom is -0.350 e. The molecule has 0 saturated carbocycles. The number of hydrogen-bond donors (Lipinski definition) is 1. The standard InChI is InChI=1S/C11H14ClNO/c1-8(13-9(2)14)11-5-3-4-10(6-11)7-12/h3-6,8H,7H2,1-2H3,(H,13,14)/t8-/m1/s1. The van der Waals surface area contributed by atoms with Gasteiger partial charge in [-0.1, -0.05) is 24.3 Å². The molecule has 14 heavy (non-hydrogen) atoms. The molecule has 1 atom stereocenters. The maximum atomic E-state index is 10.8. The zero-order valence-corrected chi connectivity index (χ0v) is 9.14. The maximum Gasteiger partial charge on any atom is 0.217 e. The molecule has 0 saturated heterocycles. The van der Waals surface area contributed by atoms with Crippen LogP contribution < -0.4 is 5.32 Å². The second-order valence-electron chi connectivity index (χ2n) is 3.30. The normalized spacial score (nSPS) is 12.2. The molecule has 0 fully saturated rings. The van der Waals surface area contributed by atoms with Crippen LogP contribution in [0, 0.1) is 0 Å². The van der Waals surface area contributed by atoms with Crippen molar-refractivity contribution in [3.8, 4) is 0 Å². The van der Waals surface area contributed by atoms with Crippen LogP contribution in [0.4, 0.5) is 0 Å². The molecule has 76 valence electrons. The van der Waals surface area contributed by atoms with Crippen LogP contribution in [0.3, 0.4) is 0 Å². The van der Waals surface area contributed by atoms with E-state index >= 15 is 0 Å². The van der Waals surface area contributed by atoms with Crippen LogP contribution in [0.15, 0.2) is 24.3 Å². The first-order chi connectivity index (χ1) is 6.63. The Morgan fingerprint density at radius 1 is 1.57 bits per heavy atom. The monoisotopic (exact) mass is 211 g/mol. The van der Waals surface area contributed by atoms with Crippen LogP contribution in [-0.2, 0) is 10.7 Å². The predicted octanol–water partition coefficient (Wildman–Crippen LogP) is 2.62. The Kier molecular flexibility index (Phi) is 3.96. The Morgan fingerprint density at radius 3 is 2.86 bits per heavy atom. The van der Waals surface area contributed by atoms with Gasteiger partial charge in [-0.2, -0.15) is 0 Å². The number of halogens is 1. The fraction of sp³-hybridized carbons (Fsp3) is 0.364. The van der Waals surface area contributed by atoms with Gasteiger partial charge in [0.2, 0.25) is 5.91 Å². The summed E-state index contributed by atoms with van der Waals surface area (Å²) in [5.74, 6) is 0.481. The van der Waals surface area contributed by atoms with E-state index in [0.29, 0.717) is 5.88 Å². The summed E-state index contributed by atoms with van der Waals surface area (Å²) in [5, 5.41) is 2.83. The van der Waals surface area contributed by atoms with E-state index in [2.05, 4.69) is 5.32 Å². The second-order valence-corrected chi connectivity index (χ2v) is 3.57. The molecule has 0 heterocycles. The van der Waals surface area contributed by atoms with Crippen molar-refractivity contribution in [2.24, 2.45) is 0 Å². The van der Waals surface area contributed by atoms with Crippen molar-refractivity contribution in [1.29, 1.82) is 0 Å². The summed E-state index contributed by atoms with van der Waals surface area (Å²) >= 11 is 5.72. The summed E-state index contributed by atoms with van der Waals surface area (Å²) in [4.78, 5) is 10.8. The smallest absolute Gasteiger partial charge is 0.217 e. The van der Waals surface area contributed by atoms with Crippen molar-refractivity contribution >= 4 is 17.5 Å². The average molecular weight is 212 g/mol. The molecule has 0 spiro atoms. The van der Waals surface area contributed by atoms with Crippen molar-refractivity contribution in [1.82, 2.24) is 5.32 Å². The number of benzene rings is 1. The minimum atomic E-state index is -0.0197. The van der Waals surface area contributed by atoms with Crippen LogP contribution in [0.25, 0.3) is 0 Å². The van der Waals surface area contributed by atoms with Crippen molar-refractivity contribution < 1.29 is 4.79 Å². The highest BCUT2D eigenvalue weighted by Gasteiger charge is 2.06. The highest BCUT2D eigenvalue weighted by atomic mass is 35.5. The van der Waals surface area contributed by atoms with Gasteiger partial charge in [0.1, 0.15) is 0 Å². The van der Waals surface area contributed by atoms with Gasteiger partial charge in [0.25, 0.3) is 0 Å². The van der Waals surface area contributed by atoms with Gasteiger partial charge in [0.05, 0.1) is 6.04 Å². The molecule has 0 aliphatic heterocycles. The number of alkyl halides is 1. The molecule has 1 rings (SSSR count). The molecule has 0 aliphatic rings.